The minimum atomic E-state index is -0.559. The third kappa shape index (κ3) is 4.01. The van der Waals surface area contributed by atoms with Gasteiger partial charge < -0.3 is 15.5 Å². The lowest BCUT2D eigenvalue weighted by molar-refractivity contribution is -0.249. The molecule has 0 heterocycles. The van der Waals surface area contributed by atoms with Crippen molar-refractivity contribution in [1.29, 1.82) is 0 Å². The van der Waals surface area contributed by atoms with Gasteiger partial charge in [-0.05, 0) is 123 Å². The lowest BCUT2D eigenvalue weighted by Crippen LogP contribution is -2.68. The fraction of sp³-hybridized carbons (Fsp3) is 0.757. The van der Waals surface area contributed by atoms with Gasteiger partial charge in [-0.2, -0.15) is 0 Å². The molecular weight excluding hydrogens is 506 g/mol. The number of carbonyl (C=O) groups is 1. The Morgan fingerprint density at radius 2 is 1.63 bits per heavy atom. The number of hydrogen-bond acceptors (Lipinski definition) is 3. The zero-order chi connectivity index (χ0) is 29.4. The van der Waals surface area contributed by atoms with E-state index in [1.807, 2.05) is 0 Å². The Morgan fingerprint density at radius 3 is 2.32 bits per heavy atom. The normalized spacial score (nSPS) is 48.8. The summed E-state index contributed by atoms with van der Waals surface area (Å²) >= 11 is 0. The lowest BCUT2D eigenvalue weighted by atomic mass is 9.32. The van der Waals surface area contributed by atoms with E-state index >= 15 is 0 Å². The van der Waals surface area contributed by atoms with Crippen LogP contribution in [-0.4, -0.2) is 28.8 Å². The maximum absolute atomic E-state index is 12.9. The van der Waals surface area contributed by atoms with E-state index in [-0.39, 0.29) is 33.7 Å². The largest absolute Gasteiger partial charge is 0.481 e. The summed E-state index contributed by atoms with van der Waals surface area (Å²) in [7, 11) is 0. The first-order valence-electron chi connectivity index (χ1n) is 16.6. The van der Waals surface area contributed by atoms with Crippen LogP contribution in [0.15, 0.2) is 42.5 Å². The summed E-state index contributed by atoms with van der Waals surface area (Å²) in [6.45, 7) is 18.4. The SMILES string of the molecule is C=C(C)[C@@H]1CC[C@]2(C(=O)O)CC[C@]3(C)C(CCC4[C@@]5(C)CC[C@H](O)[C@@](C)(CNCc6ccccc6)[C@@H]5CC[C@]43C)C12. The Hall–Kier alpha value is -1.65. The minimum Gasteiger partial charge on any atom is -0.481 e. The van der Waals surface area contributed by atoms with Gasteiger partial charge in [0.1, 0.15) is 0 Å². The second kappa shape index (κ2) is 9.94. The van der Waals surface area contributed by atoms with E-state index in [0.717, 1.165) is 64.5 Å². The van der Waals surface area contributed by atoms with Gasteiger partial charge in [0.15, 0.2) is 0 Å². The van der Waals surface area contributed by atoms with Crippen LogP contribution in [0.5, 0.6) is 0 Å². The molecule has 1 aromatic carbocycles. The van der Waals surface area contributed by atoms with Crippen LogP contribution in [0.2, 0.25) is 0 Å². The fourth-order valence-electron chi connectivity index (χ4n) is 12.6. The number of carboxylic acid groups (broad SMARTS) is 1. The Labute approximate surface area is 248 Å². The second-order valence-corrected chi connectivity index (χ2v) is 16.3. The van der Waals surface area contributed by atoms with Crippen molar-refractivity contribution in [3.8, 4) is 0 Å². The highest BCUT2D eigenvalue weighted by Crippen LogP contribution is 2.77. The number of fused-ring (bicyclic) bond motifs is 7. The first-order chi connectivity index (χ1) is 19.3. The number of aliphatic hydroxyl groups is 1. The summed E-state index contributed by atoms with van der Waals surface area (Å²) in [6.07, 6.45) is 10.1. The van der Waals surface area contributed by atoms with Crippen LogP contribution in [0.4, 0.5) is 0 Å². The van der Waals surface area contributed by atoms with Crippen LogP contribution in [0, 0.1) is 56.7 Å². The molecule has 4 nitrogen and oxygen atoms in total. The highest BCUT2D eigenvalue weighted by atomic mass is 16.4. The van der Waals surface area contributed by atoms with Gasteiger partial charge in [0.05, 0.1) is 11.5 Å². The topological polar surface area (TPSA) is 69.6 Å². The number of aliphatic hydroxyl groups excluding tert-OH is 1. The Balaban J connectivity index is 1.30. The van der Waals surface area contributed by atoms with E-state index in [9.17, 15) is 15.0 Å². The molecule has 5 saturated carbocycles. The van der Waals surface area contributed by atoms with Gasteiger partial charge in [0, 0.05) is 18.5 Å². The molecule has 41 heavy (non-hydrogen) atoms. The van der Waals surface area contributed by atoms with Crippen LogP contribution >= 0.6 is 0 Å². The van der Waals surface area contributed by atoms with Crippen LogP contribution in [0.25, 0.3) is 0 Å². The number of rotatable bonds is 6. The number of allylic oxidation sites excluding steroid dienone is 1. The molecule has 11 atom stereocenters. The third-order valence-electron chi connectivity index (χ3n) is 15.0. The quantitative estimate of drug-likeness (QED) is 0.309. The van der Waals surface area contributed by atoms with Crippen molar-refractivity contribution in [2.45, 2.75) is 111 Å². The minimum absolute atomic E-state index is 0.142. The van der Waals surface area contributed by atoms with Crippen molar-refractivity contribution >= 4 is 5.97 Å². The first-order valence-corrected chi connectivity index (χ1v) is 16.6. The molecular formula is C37H55NO3. The third-order valence-corrected chi connectivity index (χ3v) is 15.0. The van der Waals surface area contributed by atoms with Gasteiger partial charge in [0.2, 0.25) is 0 Å². The zero-order valence-corrected chi connectivity index (χ0v) is 26.3. The molecule has 3 unspecified atom stereocenters. The summed E-state index contributed by atoms with van der Waals surface area (Å²) in [5.41, 5.74) is 2.30. The number of benzene rings is 1. The summed E-state index contributed by atoms with van der Waals surface area (Å²) in [4.78, 5) is 12.9. The molecule has 5 aliphatic rings. The monoisotopic (exact) mass is 561 g/mol. The molecule has 4 heteroatoms. The van der Waals surface area contributed by atoms with Crippen molar-refractivity contribution in [3.63, 3.8) is 0 Å². The molecule has 0 amide bonds. The fourth-order valence-corrected chi connectivity index (χ4v) is 12.6. The Bertz CT molecular complexity index is 1180. The second-order valence-electron chi connectivity index (χ2n) is 16.3. The van der Waals surface area contributed by atoms with E-state index < -0.39 is 11.4 Å². The molecule has 0 saturated heterocycles. The molecule has 6 rings (SSSR count). The highest BCUT2D eigenvalue weighted by molar-refractivity contribution is 5.76. The van der Waals surface area contributed by atoms with Gasteiger partial charge >= 0.3 is 5.97 Å². The molecule has 0 radical (unpaired) electrons. The predicted molar refractivity (Wildman–Crippen MR) is 165 cm³/mol. The van der Waals surface area contributed by atoms with Crippen molar-refractivity contribution < 1.29 is 15.0 Å². The average Bonchev–Trinajstić information content (AvgIpc) is 3.34. The Kier molecular flexibility index (Phi) is 7.14. The van der Waals surface area contributed by atoms with Gasteiger partial charge in [-0.25, -0.2) is 0 Å². The smallest absolute Gasteiger partial charge is 0.309 e. The predicted octanol–water partition coefficient (Wildman–Crippen LogP) is 7.86. The van der Waals surface area contributed by atoms with E-state index in [0.29, 0.717) is 23.7 Å². The highest BCUT2D eigenvalue weighted by Gasteiger charge is 2.72. The van der Waals surface area contributed by atoms with E-state index in [1.54, 1.807) is 0 Å². The van der Waals surface area contributed by atoms with Gasteiger partial charge in [-0.1, -0.05) is 70.2 Å². The number of hydrogen-bond donors (Lipinski definition) is 3. The van der Waals surface area contributed by atoms with Crippen molar-refractivity contribution in [2.75, 3.05) is 6.54 Å². The first kappa shape index (κ1) is 29.4. The Morgan fingerprint density at radius 1 is 0.902 bits per heavy atom. The van der Waals surface area contributed by atoms with E-state index in [2.05, 4.69) is 76.8 Å². The summed E-state index contributed by atoms with van der Waals surface area (Å²) in [6, 6.07) is 10.6. The molecule has 3 N–H and O–H groups in total. The molecule has 226 valence electrons. The lowest BCUT2D eigenvalue weighted by Gasteiger charge is -2.73. The maximum atomic E-state index is 12.9. The van der Waals surface area contributed by atoms with Crippen molar-refractivity contribution in [3.05, 3.63) is 48.0 Å². The molecule has 5 fully saturated rings. The summed E-state index contributed by atoms with van der Waals surface area (Å²) in [5.74, 6) is 1.56. The molecule has 5 aliphatic carbocycles. The molecule has 0 spiro atoms. The molecule has 0 aliphatic heterocycles. The van der Waals surface area contributed by atoms with E-state index in [4.69, 9.17) is 0 Å². The van der Waals surface area contributed by atoms with Crippen molar-refractivity contribution in [1.82, 2.24) is 5.32 Å². The van der Waals surface area contributed by atoms with Crippen LogP contribution in [0.1, 0.15) is 104 Å². The number of carboxylic acids is 1. The van der Waals surface area contributed by atoms with Crippen LogP contribution in [0.3, 0.4) is 0 Å². The number of nitrogens with one attached hydrogen (secondary N) is 1. The molecule has 0 bridgehead atoms. The van der Waals surface area contributed by atoms with Crippen molar-refractivity contribution in [2.24, 2.45) is 56.7 Å². The summed E-state index contributed by atoms with van der Waals surface area (Å²) < 4.78 is 0. The molecule has 1 aromatic rings. The van der Waals surface area contributed by atoms with Gasteiger partial charge in [0.25, 0.3) is 0 Å². The summed E-state index contributed by atoms with van der Waals surface area (Å²) in [5, 5.41) is 25.9. The van der Waals surface area contributed by atoms with Crippen LogP contribution < -0.4 is 5.32 Å². The zero-order valence-electron chi connectivity index (χ0n) is 26.3. The van der Waals surface area contributed by atoms with E-state index in [1.165, 1.54) is 24.0 Å². The van der Waals surface area contributed by atoms with Crippen LogP contribution in [-0.2, 0) is 11.3 Å². The number of aliphatic carboxylic acids is 1. The molecule has 0 aromatic heterocycles. The maximum Gasteiger partial charge on any atom is 0.309 e. The van der Waals surface area contributed by atoms with Gasteiger partial charge in [-0.15, -0.1) is 0 Å². The van der Waals surface area contributed by atoms with Gasteiger partial charge in [-0.3, -0.25) is 4.79 Å². The standard InChI is InChI=1S/C37H55NO3/c1-24(2)26-14-19-37(32(40)41)21-20-35(5)27(31(26)37)12-13-29-33(3)17-16-30(39)34(4,28(33)15-18-36(29,35)6)23-38-22-25-10-8-7-9-11-25/h7-11,26-31,38-39H,1,12-23H2,2-6H3,(H,40,41)/t26-,27?,28+,29?,30-,31?,33-,34-,35+,36+,37-/m0/s1. The average molecular weight is 562 g/mol.